The topological polar surface area (TPSA) is 71.5 Å². The van der Waals surface area contributed by atoms with Gasteiger partial charge in [0.1, 0.15) is 11.6 Å². The van der Waals surface area contributed by atoms with Gasteiger partial charge in [-0.3, -0.25) is 9.78 Å². The zero-order valence-electron chi connectivity index (χ0n) is 12.6. The summed E-state index contributed by atoms with van der Waals surface area (Å²) in [4.78, 5) is 29.6. The number of rotatable bonds is 3. The Kier molecular flexibility index (Phi) is 4.45. The van der Waals surface area contributed by atoms with Crippen LogP contribution in [-0.2, 0) is 16.1 Å². The lowest BCUT2D eigenvalue weighted by molar-refractivity contribution is -0.129. The SMILES string of the molecule is CC(C)(C)OC(=O)N[C@H]1CCN(Cc2ccncc2)C1=O. The zero-order chi connectivity index (χ0) is 15.5. The molecule has 1 aromatic heterocycles. The average Bonchev–Trinajstić information content (AvgIpc) is 2.70. The standard InChI is InChI=1S/C15H21N3O3/c1-15(2,3)21-14(20)17-12-6-9-18(13(12)19)10-11-4-7-16-8-5-11/h4-5,7-8,12H,6,9-10H2,1-3H3,(H,17,20)/t12-/m0/s1. The van der Waals surface area contributed by atoms with Gasteiger partial charge in [0.15, 0.2) is 0 Å². The van der Waals surface area contributed by atoms with Crippen molar-refractivity contribution in [2.24, 2.45) is 0 Å². The number of nitrogens with one attached hydrogen (secondary N) is 1. The summed E-state index contributed by atoms with van der Waals surface area (Å²) in [6.07, 6.45) is 3.45. The van der Waals surface area contributed by atoms with E-state index in [1.54, 1.807) is 38.1 Å². The molecule has 0 aliphatic carbocycles. The van der Waals surface area contributed by atoms with Crippen LogP contribution >= 0.6 is 0 Å². The highest BCUT2D eigenvalue weighted by molar-refractivity contribution is 5.87. The summed E-state index contributed by atoms with van der Waals surface area (Å²) in [7, 11) is 0. The van der Waals surface area contributed by atoms with E-state index in [1.165, 1.54) is 0 Å². The summed E-state index contributed by atoms with van der Waals surface area (Å²) in [5, 5.41) is 2.64. The predicted molar refractivity (Wildman–Crippen MR) is 77.4 cm³/mol. The van der Waals surface area contributed by atoms with Gasteiger partial charge in [-0.15, -0.1) is 0 Å². The fraction of sp³-hybridized carbons (Fsp3) is 0.533. The summed E-state index contributed by atoms with van der Waals surface area (Å²) >= 11 is 0. The van der Waals surface area contributed by atoms with Gasteiger partial charge in [0.25, 0.3) is 0 Å². The molecule has 2 rings (SSSR count). The number of hydrogen-bond acceptors (Lipinski definition) is 4. The van der Waals surface area contributed by atoms with E-state index in [-0.39, 0.29) is 5.91 Å². The number of ether oxygens (including phenoxy) is 1. The zero-order valence-corrected chi connectivity index (χ0v) is 12.6. The van der Waals surface area contributed by atoms with Crippen LogP contribution in [0.15, 0.2) is 24.5 Å². The number of pyridine rings is 1. The molecule has 1 saturated heterocycles. The van der Waals surface area contributed by atoms with Crippen molar-refractivity contribution in [3.05, 3.63) is 30.1 Å². The van der Waals surface area contributed by atoms with Crippen LogP contribution in [0.4, 0.5) is 4.79 Å². The Morgan fingerprint density at radius 1 is 1.43 bits per heavy atom. The molecule has 0 spiro atoms. The second-order valence-electron chi connectivity index (χ2n) is 6.10. The highest BCUT2D eigenvalue weighted by Gasteiger charge is 2.33. The van der Waals surface area contributed by atoms with E-state index >= 15 is 0 Å². The predicted octanol–water partition coefficient (Wildman–Crippen LogP) is 1.71. The van der Waals surface area contributed by atoms with E-state index in [2.05, 4.69) is 10.3 Å². The van der Waals surface area contributed by atoms with E-state index < -0.39 is 17.7 Å². The first kappa shape index (κ1) is 15.3. The molecule has 0 bridgehead atoms. The van der Waals surface area contributed by atoms with Crippen LogP contribution in [0.2, 0.25) is 0 Å². The minimum Gasteiger partial charge on any atom is -0.444 e. The van der Waals surface area contributed by atoms with Crippen LogP contribution in [0.3, 0.4) is 0 Å². The minimum absolute atomic E-state index is 0.0716. The first-order valence-electron chi connectivity index (χ1n) is 7.02. The van der Waals surface area contributed by atoms with Crippen molar-refractivity contribution in [1.82, 2.24) is 15.2 Å². The maximum absolute atomic E-state index is 12.3. The van der Waals surface area contributed by atoms with Gasteiger partial charge in [0, 0.05) is 25.5 Å². The normalized spacial score (nSPS) is 18.7. The molecule has 2 amide bonds. The lowest BCUT2D eigenvalue weighted by Crippen LogP contribution is -2.43. The van der Waals surface area contributed by atoms with Crippen LogP contribution < -0.4 is 5.32 Å². The van der Waals surface area contributed by atoms with Gasteiger partial charge in [0.05, 0.1) is 0 Å². The number of likely N-dealkylation sites (tertiary alicyclic amines) is 1. The molecule has 1 aliphatic heterocycles. The smallest absolute Gasteiger partial charge is 0.408 e. The van der Waals surface area contributed by atoms with Crippen molar-refractivity contribution >= 4 is 12.0 Å². The van der Waals surface area contributed by atoms with Crippen molar-refractivity contribution in [2.45, 2.75) is 45.4 Å². The Hall–Kier alpha value is -2.11. The van der Waals surface area contributed by atoms with E-state index in [4.69, 9.17) is 4.74 Å². The third-order valence-electron chi connectivity index (χ3n) is 3.11. The van der Waals surface area contributed by atoms with Gasteiger partial charge in [-0.1, -0.05) is 0 Å². The largest absolute Gasteiger partial charge is 0.444 e. The van der Waals surface area contributed by atoms with Crippen molar-refractivity contribution in [3.63, 3.8) is 0 Å². The third kappa shape index (κ3) is 4.44. The molecule has 6 nitrogen and oxygen atoms in total. The molecular weight excluding hydrogens is 270 g/mol. The van der Waals surface area contributed by atoms with Gasteiger partial charge < -0.3 is 15.0 Å². The molecule has 0 saturated carbocycles. The number of aromatic nitrogens is 1. The first-order valence-corrected chi connectivity index (χ1v) is 7.02. The number of amides is 2. The summed E-state index contributed by atoms with van der Waals surface area (Å²) in [5.74, 6) is -0.0716. The van der Waals surface area contributed by atoms with E-state index in [0.717, 1.165) is 5.56 Å². The lowest BCUT2D eigenvalue weighted by Gasteiger charge is -2.21. The summed E-state index contributed by atoms with van der Waals surface area (Å²) < 4.78 is 5.17. The van der Waals surface area contributed by atoms with Crippen LogP contribution in [0.1, 0.15) is 32.8 Å². The Bertz CT molecular complexity index is 511. The maximum atomic E-state index is 12.3. The van der Waals surface area contributed by atoms with Crippen molar-refractivity contribution < 1.29 is 14.3 Å². The maximum Gasteiger partial charge on any atom is 0.408 e. The minimum atomic E-state index is -0.567. The van der Waals surface area contributed by atoms with Crippen molar-refractivity contribution in [1.29, 1.82) is 0 Å². The highest BCUT2D eigenvalue weighted by Crippen LogP contribution is 2.15. The fourth-order valence-corrected chi connectivity index (χ4v) is 2.19. The molecule has 1 fully saturated rings. The molecule has 114 valence electrons. The van der Waals surface area contributed by atoms with Crippen LogP contribution in [0.25, 0.3) is 0 Å². The molecule has 1 N–H and O–H groups in total. The molecule has 0 aromatic carbocycles. The molecule has 6 heteroatoms. The number of alkyl carbamates (subject to hydrolysis) is 1. The molecule has 1 aliphatic rings. The molecule has 21 heavy (non-hydrogen) atoms. The van der Waals surface area contributed by atoms with Gasteiger partial charge >= 0.3 is 6.09 Å². The molecule has 1 atom stereocenters. The van der Waals surface area contributed by atoms with Crippen LogP contribution in [0, 0.1) is 0 Å². The fourth-order valence-electron chi connectivity index (χ4n) is 2.19. The molecule has 1 aromatic rings. The van der Waals surface area contributed by atoms with Gasteiger partial charge in [-0.2, -0.15) is 0 Å². The Labute approximate surface area is 124 Å². The van der Waals surface area contributed by atoms with Crippen molar-refractivity contribution in [2.75, 3.05) is 6.54 Å². The third-order valence-corrected chi connectivity index (χ3v) is 3.11. The Morgan fingerprint density at radius 2 is 2.10 bits per heavy atom. The lowest BCUT2D eigenvalue weighted by atomic mass is 10.2. The van der Waals surface area contributed by atoms with E-state index in [1.807, 2.05) is 12.1 Å². The second-order valence-corrected chi connectivity index (χ2v) is 6.10. The van der Waals surface area contributed by atoms with Crippen LogP contribution in [0.5, 0.6) is 0 Å². The van der Waals surface area contributed by atoms with E-state index in [0.29, 0.717) is 19.5 Å². The monoisotopic (exact) mass is 291 g/mol. The number of carbonyl (C=O) groups is 2. The van der Waals surface area contributed by atoms with Gasteiger partial charge in [0.2, 0.25) is 5.91 Å². The first-order chi connectivity index (χ1) is 9.85. The molecule has 0 unspecified atom stereocenters. The molecule has 0 radical (unpaired) electrons. The number of hydrogen-bond donors (Lipinski definition) is 1. The quantitative estimate of drug-likeness (QED) is 0.920. The second kappa shape index (κ2) is 6.11. The van der Waals surface area contributed by atoms with E-state index in [9.17, 15) is 9.59 Å². The Balaban J connectivity index is 1.88. The average molecular weight is 291 g/mol. The summed E-state index contributed by atoms with van der Waals surface area (Å²) in [6.45, 7) is 6.53. The Morgan fingerprint density at radius 3 is 2.71 bits per heavy atom. The number of carbonyl (C=O) groups excluding carboxylic acids is 2. The van der Waals surface area contributed by atoms with Gasteiger partial charge in [-0.05, 0) is 44.9 Å². The molecule has 2 heterocycles. The molecular formula is C15H21N3O3. The van der Waals surface area contributed by atoms with Crippen molar-refractivity contribution in [3.8, 4) is 0 Å². The number of nitrogens with zero attached hydrogens (tertiary/aromatic N) is 2. The van der Waals surface area contributed by atoms with Gasteiger partial charge in [-0.25, -0.2) is 4.79 Å². The van der Waals surface area contributed by atoms with Crippen LogP contribution in [-0.4, -0.2) is 40.1 Å². The summed E-state index contributed by atoms with van der Waals surface area (Å²) in [6, 6.07) is 3.26. The summed E-state index contributed by atoms with van der Waals surface area (Å²) in [5.41, 5.74) is 0.457. The highest BCUT2D eigenvalue weighted by atomic mass is 16.6.